The summed E-state index contributed by atoms with van der Waals surface area (Å²) in [6, 6.07) is 8.59. The third-order valence-corrected chi connectivity index (χ3v) is 4.41. The van der Waals surface area contributed by atoms with Gasteiger partial charge in [-0.15, -0.1) is 0 Å². The molecule has 1 aliphatic heterocycles. The number of rotatable bonds is 2. The van der Waals surface area contributed by atoms with Gasteiger partial charge in [0.15, 0.2) is 6.73 Å². The van der Waals surface area contributed by atoms with Gasteiger partial charge < -0.3 is 14.1 Å². The molecule has 0 amide bonds. The van der Waals surface area contributed by atoms with Crippen LogP contribution in [0.4, 0.5) is 14.5 Å². The zero-order valence-electron chi connectivity index (χ0n) is 13.5. The van der Waals surface area contributed by atoms with Crippen LogP contribution >= 0.6 is 0 Å². The number of ether oxygens (including phenoxy) is 1. The lowest BCUT2D eigenvalue weighted by Crippen LogP contribution is -2.32. The molecule has 0 bridgehead atoms. The number of aryl methyl sites for hydroxylation is 1. The zero-order chi connectivity index (χ0) is 17.6. The highest BCUT2D eigenvalue weighted by atomic mass is 19.1. The standard InChI is InChI=1S/C19H15F2NO3/c1-2-11-7-18(23)25-19-13(11)4-6-17-14(19)9-22(10-24-17)16-5-3-12(20)8-15(16)21/h3-8H,2,9-10H2,1H3. The first-order valence-electron chi connectivity index (χ1n) is 7.98. The van der Waals surface area contributed by atoms with Crippen molar-refractivity contribution in [3.05, 3.63) is 69.6 Å². The van der Waals surface area contributed by atoms with Crippen LogP contribution in [0, 0.1) is 11.6 Å². The Morgan fingerprint density at radius 3 is 2.76 bits per heavy atom. The summed E-state index contributed by atoms with van der Waals surface area (Å²) in [7, 11) is 0. The van der Waals surface area contributed by atoms with Crippen LogP contribution in [0.5, 0.6) is 5.75 Å². The van der Waals surface area contributed by atoms with E-state index in [1.165, 1.54) is 18.2 Å². The largest absolute Gasteiger partial charge is 0.473 e. The van der Waals surface area contributed by atoms with E-state index in [0.717, 1.165) is 17.0 Å². The molecule has 0 saturated carbocycles. The molecule has 6 heteroatoms. The first-order valence-corrected chi connectivity index (χ1v) is 7.98. The summed E-state index contributed by atoms with van der Waals surface area (Å²) in [4.78, 5) is 13.5. The van der Waals surface area contributed by atoms with Gasteiger partial charge in [0.25, 0.3) is 0 Å². The molecule has 1 aromatic heterocycles. The van der Waals surface area contributed by atoms with Crippen LogP contribution in [0.25, 0.3) is 11.0 Å². The molecule has 4 nitrogen and oxygen atoms in total. The molecule has 128 valence electrons. The van der Waals surface area contributed by atoms with Gasteiger partial charge in [-0.25, -0.2) is 13.6 Å². The Hall–Kier alpha value is -2.89. The van der Waals surface area contributed by atoms with Crippen LogP contribution in [0.2, 0.25) is 0 Å². The van der Waals surface area contributed by atoms with Crippen molar-refractivity contribution in [3.8, 4) is 5.75 Å². The van der Waals surface area contributed by atoms with E-state index < -0.39 is 17.3 Å². The van der Waals surface area contributed by atoms with Crippen LogP contribution in [0.3, 0.4) is 0 Å². The number of hydrogen-bond acceptors (Lipinski definition) is 4. The molecular weight excluding hydrogens is 328 g/mol. The Morgan fingerprint density at radius 2 is 2.00 bits per heavy atom. The molecule has 0 saturated heterocycles. The molecule has 3 aromatic rings. The van der Waals surface area contributed by atoms with E-state index in [2.05, 4.69) is 0 Å². The van der Waals surface area contributed by atoms with E-state index in [-0.39, 0.29) is 12.4 Å². The highest BCUT2D eigenvalue weighted by Gasteiger charge is 2.24. The highest BCUT2D eigenvalue weighted by molar-refractivity contribution is 5.85. The molecule has 0 spiro atoms. The van der Waals surface area contributed by atoms with Gasteiger partial charge in [0.2, 0.25) is 0 Å². The number of hydrogen-bond donors (Lipinski definition) is 0. The summed E-state index contributed by atoms with van der Waals surface area (Å²) in [5, 5.41) is 0.839. The molecule has 25 heavy (non-hydrogen) atoms. The van der Waals surface area contributed by atoms with Crippen molar-refractivity contribution in [2.45, 2.75) is 19.9 Å². The summed E-state index contributed by atoms with van der Waals surface area (Å²) < 4.78 is 38.4. The van der Waals surface area contributed by atoms with Gasteiger partial charge in [-0.1, -0.05) is 6.92 Å². The van der Waals surface area contributed by atoms with E-state index in [1.54, 1.807) is 4.90 Å². The summed E-state index contributed by atoms with van der Waals surface area (Å²) >= 11 is 0. The normalized spacial score (nSPS) is 13.6. The highest BCUT2D eigenvalue weighted by Crippen LogP contribution is 2.35. The molecular formula is C19H15F2NO3. The zero-order valence-corrected chi connectivity index (χ0v) is 13.5. The SMILES string of the molecule is CCc1cc(=O)oc2c3c(ccc12)OCN(c1ccc(F)cc1F)C3. The maximum absolute atomic E-state index is 14.1. The van der Waals surface area contributed by atoms with E-state index in [4.69, 9.17) is 9.15 Å². The minimum Gasteiger partial charge on any atom is -0.473 e. The first kappa shape index (κ1) is 15.6. The third kappa shape index (κ3) is 2.63. The van der Waals surface area contributed by atoms with Gasteiger partial charge in [-0.2, -0.15) is 0 Å². The van der Waals surface area contributed by atoms with Crippen molar-refractivity contribution in [1.29, 1.82) is 0 Å². The Morgan fingerprint density at radius 1 is 1.16 bits per heavy atom. The van der Waals surface area contributed by atoms with E-state index in [0.29, 0.717) is 29.9 Å². The van der Waals surface area contributed by atoms with Crippen molar-refractivity contribution in [2.24, 2.45) is 0 Å². The monoisotopic (exact) mass is 343 g/mol. The number of fused-ring (bicyclic) bond motifs is 3. The van der Waals surface area contributed by atoms with E-state index >= 15 is 0 Å². The van der Waals surface area contributed by atoms with Gasteiger partial charge in [-0.3, -0.25) is 0 Å². The molecule has 0 N–H and O–H groups in total. The molecule has 1 aliphatic rings. The maximum atomic E-state index is 14.1. The first-order chi connectivity index (χ1) is 12.1. The van der Waals surface area contributed by atoms with Crippen LogP contribution in [0.15, 0.2) is 45.6 Å². The minimum absolute atomic E-state index is 0.124. The number of nitrogens with zero attached hydrogens (tertiary/aromatic N) is 1. The second-order valence-electron chi connectivity index (χ2n) is 5.93. The molecule has 0 atom stereocenters. The van der Waals surface area contributed by atoms with Crippen molar-refractivity contribution < 1.29 is 17.9 Å². The number of benzene rings is 2. The quantitative estimate of drug-likeness (QED) is 0.660. The average molecular weight is 343 g/mol. The number of halogens is 2. The fourth-order valence-electron chi connectivity index (χ4n) is 3.18. The third-order valence-electron chi connectivity index (χ3n) is 4.41. The lowest BCUT2D eigenvalue weighted by Gasteiger charge is -2.31. The van der Waals surface area contributed by atoms with Gasteiger partial charge in [0, 0.05) is 17.5 Å². The molecule has 0 fully saturated rings. The summed E-state index contributed by atoms with van der Waals surface area (Å²) in [6.07, 6.45) is 0.693. The van der Waals surface area contributed by atoms with Gasteiger partial charge >= 0.3 is 5.63 Å². The van der Waals surface area contributed by atoms with Gasteiger partial charge in [0.05, 0.1) is 17.8 Å². The van der Waals surface area contributed by atoms with Crippen molar-refractivity contribution in [3.63, 3.8) is 0 Å². The lowest BCUT2D eigenvalue weighted by molar-refractivity contribution is 0.287. The molecule has 0 radical (unpaired) electrons. The maximum Gasteiger partial charge on any atom is 0.336 e. The average Bonchev–Trinajstić information content (AvgIpc) is 2.60. The van der Waals surface area contributed by atoms with Gasteiger partial charge in [0.1, 0.15) is 23.0 Å². The minimum atomic E-state index is -0.664. The lowest BCUT2D eigenvalue weighted by atomic mass is 10.0. The fourth-order valence-corrected chi connectivity index (χ4v) is 3.18. The van der Waals surface area contributed by atoms with Crippen LogP contribution in [-0.4, -0.2) is 6.73 Å². The van der Waals surface area contributed by atoms with Crippen LogP contribution in [0.1, 0.15) is 18.1 Å². The smallest absolute Gasteiger partial charge is 0.336 e. The predicted octanol–water partition coefficient (Wildman–Crippen LogP) is 3.99. The Bertz CT molecular complexity index is 1030. The Kier molecular flexibility index (Phi) is 3.67. The molecule has 2 heterocycles. The second-order valence-corrected chi connectivity index (χ2v) is 5.93. The Balaban J connectivity index is 1.84. The molecule has 4 rings (SSSR count). The summed E-state index contributed by atoms with van der Waals surface area (Å²) in [5.41, 5.74) is 1.83. The Labute approximate surface area is 142 Å². The molecule has 0 aliphatic carbocycles. The van der Waals surface area contributed by atoms with Gasteiger partial charge in [-0.05, 0) is 36.2 Å². The number of anilines is 1. The predicted molar refractivity (Wildman–Crippen MR) is 89.9 cm³/mol. The van der Waals surface area contributed by atoms with E-state index in [9.17, 15) is 13.6 Å². The summed E-state index contributed by atoms with van der Waals surface area (Å²) in [6.45, 7) is 2.38. The van der Waals surface area contributed by atoms with Crippen molar-refractivity contribution in [1.82, 2.24) is 0 Å². The van der Waals surface area contributed by atoms with Crippen LogP contribution < -0.4 is 15.3 Å². The second kappa shape index (κ2) is 5.88. The topological polar surface area (TPSA) is 42.7 Å². The summed E-state index contributed by atoms with van der Waals surface area (Å²) in [5.74, 6) is -0.700. The van der Waals surface area contributed by atoms with E-state index in [1.807, 2.05) is 19.1 Å². The van der Waals surface area contributed by atoms with Crippen molar-refractivity contribution >= 4 is 16.7 Å². The fraction of sp³-hybridized carbons (Fsp3) is 0.211. The molecule has 2 aromatic carbocycles. The molecule has 0 unspecified atom stereocenters. The van der Waals surface area contributed by atoms with Crippen LogP contribution in [-0.2, 0) is 13.0 Å². The van der Waals surface area contributed by atoms with Crippen molar-refractivity contribution in [2.75, 3.05) is 11.6 Å².